The van der Waals surface area contributed by atoms with Crippen LogP contribution in [0.15, 0.2) is 41.8 Å². The standard InChI is InChI=1S/C18H19N3O3S/c1-13(22)19-15-5-2-4-14(12-15)17(23)20-7-9-21(10-8-20)18(24)16-6-3-11-25-16/h2-6,11-12H,7-10H2,1H3,(H,19,22). The van der Waals surface area contributed by atoms with Crippen LogP contribution in [0, 0.1) is 0 Å². The normalized spacial score (nSPS) is 14.3. The number of nitrogens with zero attached hydrogens (tertiary/aromatic N) is 2. The molecule has 2 aromatic rings. The van der Waals surface area contributed by atoms with Crippen molar-refractivity contribution in [1.82, 2.24) is 9.80 Å². The summed E-state index contributed by atoms with van der Waals surface area (Å²) in [6.07, 6.45) is 0. The Hall–Kier alpha value is -2.67. The van der Waals surface area contributed by atoms with Crippen molar-refractivity contribution >= 4 is 34.7 Å². The first kappa shape index (κ1) is 17.2. The van der Waals surface area contributed by atoms with Crippen molar-refractivity contribution in [3.8, 4) is 0 Å². The van der Waals surface area contributed by atoms with Crippen LogP contribution < -0.4 is 5.32 Å². The molecule has 7 heteroatoms. The molecule has 6 nitrogen and oxygen atoms in total. The molecule has 25 heavy (non-hydrogen) atoms. The minimum atomic E-state index is -0.176. The zero-order valence-electron chi connectivity index (χ0n) is 13.9. The van der Waals surface area contributed by atoms with Crippen LogP contribution in [0.1, 0.15) is 27.0 Å². The molecule has 0 aliphatic carbocycles. The van der Waals surface area contributed by atoms with E-state index in [1.165, 1.54) is 18.3 Å². The number of benzene rings is 1. The summed E-state index contributed by atoms with van der Waals surface area (Å²) in [5.41, 5.74) is 1.13. The monoisotopic (exact) mass is 357 g/mol. The van der Waals surface area contributed by atoms with Gasteiger partial charge in [0.05, 0.1) is 4.88 Å². The van der Waals surface area contributed by atoms with Crippen molar-refractivity contribution in [2.75, 3.05) is 31.5 Å². The smallest absolute Gasteiger partial charge is 0.264 e. The summed E-state index contributed by atoms with van der Waals surface area (Å²) in [7, 11) is 0. The average Bonchev–Trinajstić information content (AvgIpc) is 3.15. The molecule has 0 atom stereocenters. The zero-order chi connectivity index (χ0) is 17.8. The maximum Gasteiger partial charge on any atom is 0.264 e. The van der Waals surface area contributed by atoms with Crippen molar-refractivity contribution in [3.63, 3.8) is 0 Å². The third-order valence-corrected chi connectivity index (χ3v) is 4.87. The minimum Gasteiger partial charge on any atom is -0.335 e. The maximum absolute atomic E-state index is 12.7. The van der Waals surface area contributed by atoms with E-state index in [0.29, 0.717) is 37.4 Å². The molecule has 3 amide bonds. The lowest BCUT2D eigenvalue weighted by Gasteiger charge is -2.34. The maximum atomic E-state index is 12.7. The molecular weight excluding hydrogens is 338 g/mol. The first-order chi connectivity index (χ1) is 12.0. The molecule has 0 unspecified atom stereocenters. The van der Waals surface area contributed by atoms with Gasteiger partial charge in [0.2, 0.25) is 5.91 Å². The van der Waals surface area contributed by atoms with E-state index < -0.39 is 0 Å². The fourth-order valence-electron chi connectivity index (χ4n) is 2.78. The number of rotatable bonds is 3. The molecule has 1 aliphatic rings. The lowest BCUT2D eigenvalue weighted by Crippen LogP contribution is -2.50. The van der Waals surface area contributed by atoms with Crippen LogP contribution in [0.2, 0.25) is 0 Å². The van der Waals surface area contributed by atoms with Gasteiger partial charge in [0, 0.05) is 44.4 Å². The highest BCUT2D eigenvalue weighted by atomic mass is 32.1. The zero-order valence-corrected chi connectivity index (χ0v) is 14.7. The van der Waals surface area contributed by atoms with E-state index in [4.69, 9.17) is 0 Å². The number of thiophene rings is 1. The number of anilines is 1. The number of carbonyl (C=O) groups is 3. The molecule has 1 N–H and O–H groups in total. The highest BCUT2D eigenvalue weighted by Gasteiger charge is 2.26. The molecule has 1 aromatic carbocycles. The molecule has 1 fully saturated rings. The largest absolute Gasteiger partial charge is 0.335 e. The van der Waals surface area contributed by atoms with Crippen LogP contribution in [-0.2, 0) is 4.79 Å². The second-order valence-corrected chi connectivity index (χ2v) is 6.77. The Morgan fingerprint density at radius 3 is 2.24 bits per heavy atom. The van der Waals surface area contributed by atoms with Crippen LogP contribution in [0.5, 0.6) is 0 Å². The fraction of sp³-hybridized carbons (Fsp3) is 0.278. The molecule has 1 aromatic heterocycles. The number of hydrogen-bond donors (Lipinski definition) is 1. The molecule has 130 valence electrons. The second-order valence-electron chi connectivity index (χ2n) is 5.82. The number of nitrogens with one attached hydrogen (secondary N) is 1. The molecule has 3 rings (SSSR count). The van der Waals surface area contributed by atoms with Gasteiger partial charge >= 0.3 is 0 Å². The van der Waals surface area contributed by atoms with Crippen molar-refractivity contribution in [2.45, 2.75) is 6.92 Å². The van der Waals surface area contributed by atoms with Gasteiger partial charge < -0.3 is 15.1 Å². The van der Waals surface area contributed by atoms with Gasteiger partial charge in [-0.3, -0.25) is 14.4 Å². The molecular formula is C18H19N3O3S. The summed E-state index contributed by atoms with van der Waals surface area (Å²) in [5, 5.41) is 4.56. The molecule has 0 spiro atoms. The second kappa shape index (κ2) is 7.48. The molecule has 1 saturated heterocycles. The van der Waals surface area contributed by atoms with Crippen molar-refractivity contribution < 1.29 is 14.4 Å². The van der Waals surface area contributed by atoms with Crippen molar-refractivity contribution in [3.05, 3.63) is 52.2 Å². The lowest BCUT2D eigenvalue weighted by atomic mass is 10.1. The van der Waals surface area contributed by atoms with Gasteiger partial charge in [-0.05, 0) is 29.6 Å². The molecule has 1 aliphatic heterocycles. The SMILES string of the molecule is CC(=O)Nc1cccc(C(=O)N2CCN(C(=O)c3cccs3)CC2)c1. The molecule has 0 saturated carbocycles. The van der Waals surface area contributed by atoms with Crippen molar-refractivity contribution in [1.29, 1.82) is 0 Å². The Labute approximate surface area is 150 Å². The van der Waals surface area contributed by atoms with Gasteiger partial charge in [0.1, 0.15) is 0 Å². The predicted octanol–water partition coefficient (Wildman–Crippen LogP) is 2.30. The summed E-state index contributed by atoms with van der Waals surface area (Å²) >= 11 is 1.43. The first-order valence-electron chi connectivity index (χ1n) is 8.04. The summed E-state index contributed by atoms with van der Waals surface area (Å²) in [5.74, 6) is -0.240. The van der Waals surface area contributed by atoms with E-state index in [2.05, 4.69) is 5.32 Å². The Bertz CT molecular complexity index is 781. The Morgan fingerprint density at radius 1 is 0.960 bits per heavy atom. The fourth-order valence-corrected chi connectivity index (χ4v) is 3.48. The van der Waals surface area contributed by atoms with Crippen LogP contribution in [0.3, 0.4) is 0 Å². The quantitative estimate of drug-likeness (QED) is 0.916. The summed E-state index contributed by atoms with van der Waals surface area (Å²) in [6, 6.07) is 10.6. The van der Waals surface area contributed by atoms with Crippen LogP contribution >= 0.6 is 11.3 Å². The highest BCUT2D eigenvalue weighted by Crippen LogP contribution is 2.17. The number of piperazine rings is 1. The summed E-state index contributed by atoms with van der Waals surface area (Å²) in [4.78, 5) is 40.4. The van der Waals surface area contributed by atoms with E-state index >= 15 is 0 Å². The third kappa shape index (κ3) is 4.06. The van der Waals surface area contributed by atoms with E-state index in [-0.39, 0.29) is 17.7 Å². The first-order valence-corrected chi connectivity index (χ1v) is 8.92. The van der Waals surface area contributed by atoms with Gasteiger partial charge in [-0.2, -0.15) is 0 Å². The molecule has 0 bridgehead atoms. The van der Waals surface area contributed by atoms with Gasteiger partial charge in [0.15, 0.2) is 0 Å². The Kier molecular flexibility index (Phi) is 5.14. The summed E-state index contributed by atoms with van der Waals surface area (Å²) in [6.45, 7) is 3.47. The van der Waals surface area contributed by atoms with Crippen LogP contribution in [0.4, 0.5) is 5.69 Å². The van der Waals surface area contributed by atoms with Crippen LogP contribution in [-0.4, -0.2) is 53.7 Å². The molecule has 0 radical (unpaired) electrons. The minimum absolute atomic E-state index is 0.0229. The highest BCUT2D eigenvalue weighted by molar-refractivity contribution is 7.12. The topological polar surface area (TPSA) is 69.7 Å². The van der Waals surface area contributed by atoms with Crippen molar-refractivity contribution in [2.24, 2.45) is 0 Å². The van der Waals surface area contributed by atoms with Gasteiger partial charge in [-0.1, -0.05) is 12.1 Å². The Morgan fingerprint density at radius 2 is 1.64 bits per heavy atom. The predicted molar refractivity (Wildman–Crippen MR) is 96.9 cm³/mol. The Balaban J connectivity index is 1.62. The summed E-state index contributed by atoms with van der Waals surface area (Å²) < 4.78 is 0. The van der Waals surface area contributed by atoms with Gasteiger partial charge in [0.25, 0.3) is 11.8 Å². The number of carbonyl (C=O) groups excluding carboxylic acids is 3. The molecule has 2 heterocycles. The lowest BCUT2D eigenvalue weighted by molar-refractivity contribution is -0.114. The van der Waals surface area contributed by atoms with Crippen LogP contribution in [0.25, 0.3) is 0 Å². The van der Waals surface area contributed by atoms with E-state index in [1.54, 1.807) is 34.1 Å². The third-order valence-electron chi connectivity index (χ3n) is 4.02. The average molecular weight is 357 g/mol. The van der Waals surface area contributed by atoms with E-state index in [9.17, 15) is 14.4 Å². The van der Waals surface area contributed by atoms with E-state index in [0.717, 1.165) is 4.88 Å². The number of amides is 3. The van der Waals surface area contributed by atoms with Gasteiger partial charge in [-0.15, -0.1) is 11.3 Å². The van der Waals surface area contributed by atoms with Gasteiger partial charge in [-0.25, -0.2) is 0 Å². The van der Waals surface area contributed by atoms with E-state index in [1.807, 2.05) is 17.5 Å². The number of hydrogen-bond acceptors (Lipinski definition) is 4.